The summed E-state index contributed by atoms with van der Waals surface area (Å²) in [7, 11) is 0. The Morgan fingerprint density at radius 2 is 2.00 bits per heavy atom. The molecule has 0 fully saturated rings. The first-order valence-corrected chi connectivity index (χ1v) is 8.04. The minimum Gasteiger partial charge on any atom is -0.454 e. The molecular formula is C18H14N4O2S. The molecule has 0 saturated carbocycles. The fourth-order valence-corrected chi connectivity index (χ4v) is 2.68. The monoisotopic (exact) mass is 350 g/mol. The maximum atomic E-state index is 5.34. The molecule has 3 aromatic rings. The maximum Gasteiger partial charge on any atom is 0.231 e. The summed E-state index contributed by atoms with van der Waals surface area (Å²) >= 11 is 5.29. The number of thiocarbonyl (C=S) groups is 1. The van der Waals surface area contributed by atoms with E-state index in [1.807, 2.05) is 48.5 Å². The molecule has 0 amide bonds. The average molecular weight is 350 g/mol. The molecule has 0 bridgehead atoms. The lowest BCUT2D eigenvalue weighted by atomic mass is 10.2. The van der Waals surface area contributed by atoms with Gasteiger partial charge in [-0.05, 0) is 48.1 Å². The molecule has 2 N–H and O–H groups in total. The zero-order valence-electron chi connectivity index (χ0n) is 13.1. The third kappa shape index (κ3) is 3.36. The Balaban J connectivity index is 1.42. The predicted octanol–water partition coefficient (Wildman–Crippen LogP) is 3.28. The lowest BCUT2D eigenvalue weighted by Gasteiger charge is -2.09. The summed E-state index contributed by atoms with van der Waals surface area (Å²) in [5.74, 6) is 1.46. The molecular weight excluding hydrogens is 336 g/mol. The quantitative estimate of drug-likeness (QED) is 0.429. The number of fused-ring (bicyclic) bond motifs is 2. The number of pyridine rings is 1. The molecule has 1 aliphatic heterocycles. The zero-order valence-corrected chi connectivity index (χ0v) is 13.9. The molecule has 0 unspecified atom stereocenters. The number of hydrogen-bond acceptors (Lipinski definition) is 5. The van der Waals surface area contributed by atoms with Gasteiger partial charge in [-0.15, -0.1) is 0 Å². The van der Waals surface area contributed by atoms with Gasteiger partial charge < -0.3 is 14.8 Å². The van der Waals surface area contributed by atoms with E-state index in [-0.39, 0.29) is 6.79 Å². The van der Waals surface area contributed by atoms with Crippen molar-refractivity contribution in [3.05, 3.63) is 60.3 Å². The van der Waals surface area contributed by atoms with Crippen LogP contribution in [0.3, 0.4) is 0 Å². The second-order valence-corrected chi connectivity index (χ2v) is 5.73. The highest BCUT2D eigenvalue weighted by Crippen LogP contribution is 2.31. The zero-order chi connectivity index (χ0) is 17.1. The number of ether oxygens (including phenoxy) is 2. The van der Waals surface area contributed by atoms with E-state index in [4.69, 9.17) is 21.7 Å². The van der Waals surface area contributed by atoms with E-state index in [0.717, 1.165) is 27.9 Å². The van der Waals surface area contributed by atoms with Crippen LogP contribution in [0.5, 0.6) is 11.5 Å². The van der Waals surface area contributed by atoms with Gasteiger partial charge in [0.15, 0.2) is 16.6 Å². The van der Waals surface area contributed by atoms with E-state index in [1.165, 1.54) is 0 Å². The fourth-order valence-electron chi connectivity index (χ4n) is 2.51. The highest BCUT2D eigenvalue weighted by atomic mass is 32.1. The predicted molar refractivity (Wildman–Crippen MR) is 101 cm³/mol. The van der Waals surface area contributed by atoms with Crippen LogP contribution in [0.15, 0.2) is 59.8 Å². The van der Waals surface area contributed by atoms with Crippen LogP contribution in [0.4, 0.5) is 5.69 Å². The van der Waals surface area contributed by atoms with Gasteiger partial charge in [-0.3, -0.25) is 10.4 Å². The summed E-state index contributed by atoms with van der Waals surface area (Å²) in [6.45, 7) is 0.251. The van der Waals surface area contributed by atoms with Gasteiger partial charge in [0.2, 0.25) is 6.79 Å². The van der Waals surface area contributed by atoms with Gasteiger partial charge >= 0.3 is 0 Å². The van der Waals surface area contributed by atoms with E-state index in [1.54, 1.807) is 12.4 Å². The van der Waals surface area contributed by atoms with Crippen LogP contribution in [0.2, 0.25) is 0 Å². The van der Waals surface area contributed by atoms with E-state index < -0.39 is 0 Å². The Morgan fingerprint density at radius 3 is 2.96 bits per heavy atom. The summed E-state index contributed by atoms with van der Waals surface area (Å²) in [6, 6.07) is 15.4. The molecule has 0 atom stereocenters. The first-order chi connectivity index (χ1) is 12.3. The van der Waals surface area contributed by atoms with Gasteiger partial charge in [0.25, 0.3) is 0 Å². The van der Waals surface area contributed by atoms with Crippen LogP contribution >= 0.6 is 12.2 Å². The second kappa shape index (κ2) is 6.74. The number of aromatic nitrogens is 1. The standard InChI is InChI=1S/C18H14N4O2S/c25-18(21-14-5-1-3-13-4-2-8-19-17(13)14)22-20-10-12-6-7-15-16(9-12)24-11-23-15/h1-10H,11H2,(H2,21,22,25)/b20-10+. The lowest BCUT2D eigenvalue weighted by molar-refractivity contribution is 0.174. The minimum absolute atomic E-state index is 0.251. The number of nitrogens with one attached hydrogen (secondary N) is 2. The molecule has 2 aromatic carbocycles. The van der Waals surface area contributed by atoms with E-state index in [0.29, 0.717) is 10.9 Å². The minimum atomic E-state index is 0.251. The molecule has 7 heteroatoms. The Kier molecular flexibility index (Phi) is 4.14. The van der Waals surface area contributed by atoms with Gasteiger partial charge in [-0.2, -0.15) is 5.10 Å². The van der Waals surface area contributed by atoms with Crippen LogP contribution in [0.1, 0.15) is 5.56 Å². The van der Waals surface area contributed by atoms with Gasteiger partial charge in [-0.25, -0.2) is 0 Å². The first-order valence-electron chi connectivity index (χ1n) is 7.63. The second-order valence-electron chi connectivity index (χ2n) is 5.32. The number of para-hydroxylation sites is 1. The molecule has 0 radical (unpaired) electrons. The molecule has 1 aliphatic rings. The molecule has 0 aliphatic carbocycles. The van der Waals surface area contributed by atoms with Crippen molar-refractivity contribution in [1.29, 1.82) is 0 Å². The maximum absolute atomic E-state index is 5.34. The van der Waals surface area contributed by atoms with Crippen molar-refractivity contribution in [3.63, 3.8) is 0 Å². The molecule has 124 valence electrons. The van der Waals surface area contributed by atoms with Gasteiger partial charge in [0, 0.05) is 11.6 Å². The van der Waals surface area contributed by atoms with E-state index in [9.17, 15) is 0 Å². The third-order valence-corrected chi connectivity index (χ3v) is 3.85. The number of anilines is 1. The van der Waals surface area contributed by atoms with E-state index in [2.05, 4.69) is 20.8 Å². The molecule has 6 nitrogen and oxygen atoms in total. The van der Waals surface area contributed by atoms with Gasteiger partial charge in [-0.1, -0.05) is 18.2 Å². The SMILES string of the molecule is S=C(N/N=C/c1ccc2c(c1)OCO2)Nc1cccc2cccnc12. The van der Waals surface area contributed by atoms with Crippen molar-refractivity contribution in [3.8, 4) is 11.5 Å². The number of nitrogens with zero attached hydrogens (tertiary/aromatic N) is 2. The van der Waals surface area contributed by atoms with E-state index >= 15 is 0 Å². The van der Waals surface area contributed by atoms with Crippen molar-refractivity contribution in [1.82, 2.24) is 10.4 Å². The molecule has 0 saturated heterocycles. The van der Waals surface area contributed by atoms with Gasteiger partial charge in [0.05, 0.1) is 17.4 Å². The summed E-state index contributed by atoms with van der Waals surface area (Å²) in [5.41, 5.74) is 5.37. The average Bonchev–Trinajstić information content (AvgIpc) is 3.10. The molecule has 2 heterocycles. The van der Waals surface area contributed by atoms with Crippen LogP contribution in [-0.2, 0) is 0 Å². The first kappa shape index (κ1) is 15.3. The fraction of sp³-hybridized carbons (Fsp3) is 0.0556. The number of benzene rings is 2. The van der Waals surface area contributed by atoms with Crippen molar-refractivity contribution >= 4 is 40.1 Å². The molecule has 25 heavy (non-hydrogen) atoms. The summed E-state index contributed by atoms with van der Waals surface area (Å²) in [4.78, 5) is 4.38. The molecule has 4 rings (SSSR count). The van der Waals surface area contributed by atoms with Crippen molar-refractivity contribution in [2.45, 2.75) is 0 Å². The highest BCUT2D eigenvalue weighted by Gasteiger charge is 2.12. The van der Waals surface area contributed by atoms with Crippen LogP contribution in [0.25, 0.3) is 10.9 Å². The van der Waals surface area contributed by atoms with Crippen molar-refractivity contribution < 1.29 is 9.47 Å². The van der Waals surface area contributed by atoms with Crippen molar-refractivity contribution in [2.24, 2.45) is 5.10 Å². The Morgan fingerprint density at radius 1 is 1.12 bits per heavy atom. The Bertz CT molecular complexity index is 969. The summed E-state index contributed by atoms with van der Waals surface area (Å²) in [5, 5.41) is 8.69. The summed E-state index contributed by atoms with van der Waals surface area (Å²) in [6.07, 6.45) is 3.42. The summed E-state index contributed by atoms with van der Waals surface area (Å²) < 4.78 is 10.6. The Labute approximate surface area is 149 Å². The van der Waals surface area contributed by atoms with Crippen LogP contribution < -0.4 is 20.2 Å². The molecule has 1 aromatic heterocycles. The highest BCUT2D eigenvalue weighted by molar-refractivity contribution is 7.80. The number of hydrazone groups is 1. The Hall–Kier alpha value is -3.19. The number of rotatable bonds is 3. The van der Waals surface area contributed by atoms with Crippen molar-refractivity contribution in [2.75, 3.05) is 12.1 Å². The smallest absolute Gasteiger partial charge is 0.231 e. The van der Waals surface area contributed by atoms with Crippen LogP contribution in [0, 0.1) is 0 Å². The topological polar surface area (TPSA) is 67.8 Å². The lowest BCUT2D eigenvalue weighted by Crippen LogP contribution is -2.24. The normalized spacial score (nSPS) is 12.5. The molecule has 0 spiro atoms. The van der Waals surface area contributed by atoms with Crippen LogP contribution in [-0.4, -0.2) is 23.1 Å². The largest absolute Gasteiger partial charge is 0.454 e. The van der Waals surface area contributed by atoms with Gasteiger partial charge in [0.1, 0.15) is 0 Å². The third-order valence-electron chi connectivity index (χ3n) is 3.66. The number of hydrogen-bond donors (Lipinski definition) is 2.